The zero-order chi connectivity index (χ0) is 17.5. The molecule has 0 aromatic heterocycles. The zero-order valence-electron chi connectivity index (χ0n) is 13.8. The van der Waals surface area contributed by atoms with E-state index in [2.05, 4.69) is 12.1 Å². The van der Waals surface area contributed by atoms with Crippen LogP contribution in [-0.4, -0.2) is 14.2 Å². The minimum atomic E-state index is -3.72. The predicted molar refractivity (Wildman–Crippen MR) is 88.4 cm³/mol. The van der Waals surface area contributed by atoms with Crippen molar-refractivity contribution in [3.05, 3.63) is 48.0 Å². The molecule has 0 saturated heterocycles. The summed E-state index contributed by atoms with van der Waals surface area (Å²) in [5, 5.41) is 19.6. The van der Waals surface area contributed by atoms with Gasteiger partial charge >= 0.3 is 7.60 Å². The Bertz CT molecular complexity index is 651. The van der Waals surface area contributed by atoms with Gasteiger partial charge in [-0.1, -0.05) is 49.4 Å². The van der Waals surface area contributed by atoms with Gasteiger partial charge in [-0.25, -0.2) is 0 Å². The Morgan fingerprint density at radius 2 is 1.70 bits per heavy atom. The van der Waals surface area contributed by atoms with Crippen LogP contribution in [0, 0.1) is 34.0 Å². The summed E-state index contributed by atoms with van der Waals surface area (Å²) in [7, 11) is -1.20. The van der Waals surface area contributed by atoms with Gasteiger partial charge in [0.15, 0.2) is 5.41 Å². The zero-order valence-corrected chi connectivity index (χ0v) is 14.7. The molecule has 0 bridgehead atoms. The van der Waals surface area contributed by atoms with Crippen LogP contribution in [0.15, 0.2) is 42.5 Å². The van der Waals surface area contributed by atoms with E-state index in [0.717, 1.165) is 0 Å². The molecule has 122 valence electrons. The molecule has 0 radical (unpaired) electrons. The van der Waals surface area contributed by atoms with E-state index in [1.54, 1.807) is 56.3 Å². The minimum Gasteiger partial charge on any atom is -0.311 e. The molecule has 0 N–H and O–H groups in total. The van der Waals surface area contributed by atoms with Crippen molar-refractivity contribution >= 4 is 7.60 Å². The summed E-state index contributed by atoms with van der Waals surface area (Å²) in [4.78, 5) is 0. The van der Waals surface area contributed by atoms with Gasteiger partial charge in [0.2, 0.25) is 0 Å². The highest BCUT2D eigenvalue weighted by Gasteiger charge is 2.54. The Hall–Kier alpha value is -1.91. The lowest BCUT2D eigenvalue weighted by atomic mass is 9.73. The van der Waals surface area contributed by atoms with Crippen LogP contribution in [0.4, 0.5) is 0 Å². The van der Waals surface area contributed by atoms with E-state index >= 15 is 0 Å². The standard InChI is InChI=1S/C17H21N2O3P/c1-5-9-14(2)17(12-18,13-19)16(23(20,21-3)22-4)15-10-7-6-8-11-15/h5-11,14,16H,1-4H3/b9-5+. The molecule has 0 spiro atoms. The average Bonchev–Trinajstić information content (AvgIpc) is 2.60. The van der Waals surface area contributed by atoms with Gasteiger partial charge in [0.25, 0.3) is 0 Å². The van der Waals surface area contributed by atoms with Crippen molar-refractivity contribution in [3.63, 3.8) is 0 Å². The van der Waals surface area contributed by atoms with Gasteiger partial charge < -0.3 is 9.05 Å². The summed E-state index contributed by atoms with van der Waals surface area (Å²) in [5.74, 6) is -0.466. The Morgan fingerprint density at radius 1 is 1.17 bits per heavy atom. The molecule has 2 atom stereocenters. The normalized spacial score (nSPS) is 14.9. The maximum atomic E-state index is 13.2. The van der Waals surface area contributed by atoms with Crippen LogP contribution in [0.3, 0.4) is 0 Å². The van der Waals surface area contributed by atoms with E-state index in [9.17, 15) is 15.1 Å². The average molecular weight is 332 g/mol. The van der Waals surface area contributed by atoms with Crippen LogP contribution >= 0.6 is 7.60 Å². The molecule has 0 heterocycles. The molecule has 23 heavy (non-hydrogen) atoms. The van der Waals surface area contributed by atoms with Gasteiger partial charge in [0, 0.05) is 20.1 Å². The van der Waals surface area contributed by atoms with Gasteiger partial charge in [0.05, 0.1) is 12.1 Å². The molecule has 0 aliphatic rings. The molecule has 0 fully saturated rings. The first-order chi connectivity index (χ1) is 11.0. The number of hydrogen-bond acceptors (Lipinski definition) is 5. The molecule has 0 aliphatic heterocycles. The highest BCUT2D eigenvalue weighted by Crippen LogP contribution is 2.67. The van der Waals surface area contributed by atoms with Crippen molar-refractivity contribution in [2.75, 3.05) is 14.2 Å². The summed E-state index contributed by atoms with van der Waals surface area (Å²) >= 11 is 0. The lowest BCUT2D eigenvalue weighted by Gasteiger charge is -2.36. The highest BCUT2D eigenvalue weighted by molar-refractivity contribution is 7.54. The molecule has 1 rings (SSSR count). The number of nitriles is 2. The van der Waals surface area contributed by atoms with Gasteiger partial charge in [-0.05, 0) is 12.5 Å². The lowest BCUT2D eigenvalue weighted by molar-refractivity contribution is 0.239. The van der Waals surface area contributed by atoms with Crippen molar-refractivity contribution in [3.8, 4) is 12.1 Å². The largest absolute Gasteiger partial charge is 0.340 e. The predicted octanol–water partition coefficient (Wildman–Crippen LogP) is 4.46. The quantitative estimate of drug-likeness (QED) is 0.544. The minimum absolute atomic E-state index is 0.466. The monoisotopic (exact) mass is 332 g/mol. The molecule has 2 unspecified atom stereocenters. The number of rotatable bonds is 7. The van der Waals surface area contributed by atoms with Gasteiger partial charge in [-0.15, -0.1) is 0 Å². The van der Waals surface area contributed by atoms with Crippen LogP contribution in [0.25, 0.3) is 0 Å². The van der Waals surface area contributed by atoms with Crippen LogP contribution in [0.2, 0.25) is 0 Å². The first-order valence-electron chi connectivity index (χ1n) is 7.17. The second kappa shape index (κ2) is 8.09. The summed E-state index contributed by atoms with van der Waals surface area (Å²) in [5.41, 5.74) is -2.04. The van der Waals surface area contributed by atoms with E-state index in [4.69, 9.17) is 9.05 Å². The van der Waals surface area contributed by atoms with Crippen molar-refractivity contribution < 1.29 is 13.6 Å². The number of hydrogen-bond donors (Lipinski definition) is 0. The number of benzene rings is 1. The molecule has 0 aliphatic carbocycles. The molecule has 5 nitrogen and oxygen atoms in total. The summed E-state index contributed by atoms with van der Waals surface area (Å²) in [6.07, 6.45) is 3.51. The smallest absolute Gasteiger partial charge is 0.311 e. The van der Waals surface area contributed by atoms with E-state index in [-0.39, 0.29) is 0 Å². The van der Waals surface area contributed by atoms with Gasteiger partial charge in [-0.2, -0.15) is 10.5 Å². The van der Waals surface area contributed by atoms with Crippen LogP contribution < -0.4 is 0 Å². The van der Waals surface area contributed by atoms with E-state index in [1.165, 1.54) is 14.2 Å². The second-order valence-electron chi connectivity index (χ2n) is 5.13. The Balaban J connectivity index is 3.71. The van der Waals surface area contributed by atoms with Gasteiger partial charge in [-0.3, -0.25) is 4.57 Å². The first kappa shape index (κ1) is 19.1. The SMILES string of the molecule is C/C=C/C(C)C(C#N)(C#N)C(c1ccccc1)P(=O)(OC)OC. The maximum absolute atomic E-state index is 13.2. The van der Waals surface area contributed by atoms with E-state index in [1.807, 2.05) is 0 Å². The topological polar surface area (TPSA) is 83.1 Å². The third-order valence-electron chi connectivity index (χ3n) is 3.94. The molecule has 1 aromatic rings. The number of nitrogens with zero attached hydrogens (tertiary/aromatic N) is 2. The Morgan fingerprint density at radius 3 is 2.09 bits per heavy atom. The maximum Gasteiger partial charge on any atom is 0.340 e. The van der Waals surface area contributed by atoms with E-state index in [0.29, 0.717) is 5.56 Å². The fraction of sp³-hybridized carbons (Fsp3) is 0.412. The molecule has 0 saturated carbocycles. The molecule has 1 aromatic carbocycles. The fourth-order valence-electron chi connectivity index (χ4n) is 2.66. The summed E-state index contributed by atoms with van der Waals surface area (Å²) < 4.78 is 23.5. The third-order valence-corrected chi connectivity index (χ3v) is 6.30. The third kappa shape index (κ3) is 3.54. The van der Waals surface area contributed by atoms with E-state index < -0.39 is 24.6 Å². The summed E-state index contributed by atoms with van der Waals surface area (Å²) in [6.45, 7) is 3.55. The van der Waals surface area contributed by atoms with Crippen molar-refractivity contribution in [1.82, 2.24) is 0 Å². The Labute approximate surface area is 137 Å². The summed E-state index contributed by atoms with van der Waals surface area (Å²) in [6, 6.07) is 12.9. The van der Waals surface area contributed by atoms with Crippen LogP contribution in [0.5, 0.6) is 0 Å². The van der Waals surface area contributed by atoms with Crippen LogP contribution in [0.1, 0.15) is 25.1 Å². The Kier molecular flexibility index (Phi) is 6.73. The molecule has 0 amide bonds. The number of allylic oxidation sites excluding steroid dienone is 2. The molecular formula is C17H21N2O3P. The van der Waals surface area contributed by atoms with Crippen molar-refractivity contribution in [2.45, 2.75) is 19.5 Å². The fourth-order valence-corrected chi connectivity index (χ4v) is 4.61. The van der Waals surface area contributed by atoms with Crippen molar-refractivity contribution in [1.29, 1.82) is 10.5 Å². The highest BCUT2D eigenvalue weighted by atomic mass is 31.2. The molecule has 6 heteroatoms. The lowest BCUT2D eigenvalue weighted by Crippen LogP contribution is -2.33. The van der Waals surface area contributed by atoms with Gasteiger partial charge in [0.1, 0.15) is 5.66 Å². The molecular weight excluding hydrogens is 311 g/mol. The van der Waals surface area contributed by atoms with Crippen molar-refractivity contribution in [2.24, 2.45) is 11.3 Å². The second-order valence-corrected chi connectivity index (χ2v) is 7.45. The van der Waals surface area contributed by atoms with Crippen LogP contribution in [-0.2, 0) is 13.6 Å². The first-order valence-corrected chi connectivity index (χ1v) is 8.78.